The molecule has 2 aliphatic rings. The van der Waals surface area contributed by atoms with Gasteiger partial charge in [0.25, 0.3) is 0 Å². The highest BCUT2D eigenvalue weighted by Gasteiger charge is 2.36. The first kappa shape index (κ1) is 13.8. The van der Waals surface area contributed by atoms with Gasteiger partial charge in [-0.2, -0.15) is 0 Å². The van der Waals surface area contributed by atoms with Crippen LogP contribution in [0.3, 0.4) is 0 Å². The molecule has 2 heterocycles. The minimum Gasteiger partial charge on any atom is -0.374 e. The van der Waals surface area contributed by atoms with Gasteiger partial charge in [0, 0.05) is 32.7 Å². The number of piperazine rings is 1. The third-order valence-electron chi connectivity index (χ3n) is 3.86. The number of hydrogen-bond donors (Lipinski definition) is 1. The minimum atomic E-state index is -0.433. The molecule has 2 fully saturated rings. The van der Waals surface area contributed by atoms with Crippen LogP contribution in [0.5, 0.6) is 0 Å². The summed E-state index contributed by atoms with van der Waals surface area (Å²) >= 11 is 0. The molecule has 2 rings (SSSR count). The van der Waals surface area contributed by atoms with Gasteiger partial charge in [-0.1, -0.05) is 6.92 Å². The second kappa shape index (κ2) is 5.55. The molecular weight excluding hydrogens is 230 g/mol. The van der Waals surface area contributed by atoms with Crippen molar-refractivity contribution in [1.82, 2.24) is 15.1 Å². The van der Waals surface area contributed by atoms with E-state index >= 15 is 0 Å². The van der Waals surface area contributed by atoms with E-state index < -0.39 is 5.54 Å². The Labute approximate surface area is 109 Å². The van der Waals surface area contributed by atoms with Gasteiger partial charge < -0.3 is 15.0 Å². The fraction of sp³-hybridized carbons (Fsp3) is 0.923. The number of rotatable bonds is 3. The van der Waals surface area contributed by atoms with Crippen LogP contribution in [0.2, 0.25) is 0 Å². The molecule has 1 amide bonds. The summed E-state index contributed by atoms with van der Waals surface area (Å²) in [4.78, 5) is 16.6. The van der Waals surface area contributed by atoms with Gasteiger partial charge in [0.05, 0.1) is 18.2 Å². The molecule has 18 heavy (non-hydrogen) atoms. The summed E-state index contributed by atoms with van der Waals surface area (Å²) in [5.41, 5.74) is -0.433. The number of hydrogen-bond acceptors (Lipinski definition) is 4. The molecule has 2 aliphatic heterocycles. The molecule has 0 aromatic heterocycles. The molecule has 5 heteroatoms. The van der Waals surface area contributed by atoms with Gasteiger partial charge in [0.2, 0.25) is 5.91 Å². The fourth-order valence-corrected chi connectivity index (χ4v) is 2.67. The third-order valence-corrected chi connectivity index (χ3v) is 3.86. The van der Waals surface area contributed by atoms with Gasteiger partial charge in [0.15, 0.2) is 0 Å². The van der Waals surface area contributed by atoms with Gasteiger partial charge in [-0.05, 0) is 20.4 Å². The zero-order valence-electron chi connectivity index (χ0n) is 11.7. The van der Waals surface area contributed by atoms with E-state index in [-0.39, 0.29) is 12.0 Å². The molecule has 0 saturated carbocycles. The molecule has 104 valence electrons. The lowest BCUT2D eigenvalue weighted by Gasteiger charge is -2.41. The summed E-state index contributed by atoms with van der Waals surface area (Å²) in [5, 5.41) is 3.25. The maximum absolute atomic E-state index is 12.3. The lowest BCUT2D eigenvalue weighted by atomic mass is 10.0. The van der Waals surface area contributed by atoms with Crippen molar-refractivity contribution in [3.63, 3.8) is 0 Å². The van der Waals surface area contributed by atoms with Crippen molar-refractivity contribution in [2.24, 2.45) is 0 Å². The van der Waals surface area contributed by atoms with Crippen LogP contribution in [0, 0.1) is 0 Å². The molecule has 0 aromatic rings. The van der Waals surface area contributed by atoms with Gasteiger partial charge in [0.1, 0.15) is 0 Å². The molecule has 0 aliphatic carbocycles. The van der Waals surface area contributed by atoms with Crippen LogP contribution in [0.25, 0.3) is 0 Å². The average Bonchev–Trinajstić information content (AvgIpc) is 2.35. The van der Waals surface area contributed by atoms with Crippen molar-refractivity contribution in [2.45, 2.75) is 32.4 Å². The molecule has 1 unspecified atom stereocenters. The Bertz CT molecular complexity index is 307. The lowest BCUT2D eigenvalue weighted by Crippen LogP contribution is -2.63. The highest BCUT2D eigenvalue weighted by atomic mass is 16.5. The number of ether oxygens (including phenoxy) is 1. The Kier molecular flexibility index (Phi) is 4.25. The number of morpholine rings is 1. The average molecular weight is 255 g/mol. The maximum Gasteiger partial charge on any atom is 0.242 e. The number of carbonyl (C=O) groups excluding carboxylic acids is 1. The molecule has 5 nitrogen and oxygen atoms in total. The first-order valence-electron chi connectivity index (χ1n) is 6.91. The molecule has 2 saturated heterocycles. The first-order chi connectivity index (χ1) is 8.53. The van der Waals surface area contributed by atoms with Crippen molar-refractivity contribution >= 4 is 5.91 Å². The van der Waals surface area contributed by atoms with E-state index in [1.165, 1.54) is 0 Å². The molecular formula is C13H25N3O2. The molecule has 0 bridgehead atoms. The monoisotopic (exact) mass is 255 g/mol. The van der Waals surface area contributed by atoms with Crippen LogP contribution in [-0.2, 0) is 9.53 Å². The van der Waals surface area contributed by atoms with Crippen LogP contribution in [0.15, 0.2) is 0 Å². The van der Waals surface area contributed by atoms with Crippen molar-refractivity contribution < 1.29 is 9.53 Å². The van der Waals surface area contributed by atoms with Gasteiger partial charge in [-0.3, -0.25) is 9.69 Å². The summed E-state index contributed by atoms with van der Waals surface area (Å²) in [7, 11) is 0. The molecule has 1 atom stereocenters. The summed E-state index contributed by atoms with van der Waals surface area (Å²) < 4.78 is 5.77. The van der Waals surface area contributed by atoms with Gasteiger partial charge >= 0.3 is 0 Å². The summed E-state index contributed by atoms with van der Waals surface area (Å²) in [6.07, 6.45) is 0.163. The standard InChI is InChI=1S/C13H25N3O2/c1-4-15-7-8-18-11(9-15)10-16-6-5-14-13(2,3)12(16)17/h11,14H,4-10H2,1-3H3. The van der Waals surface area contributed by atoms with E-state index in [0.717, 1.165) is 45.9 Å². The normalized spacial score (nSPS) is 29.6. The second-order valence-corrected chi connectivity index (χ2v) is 5.69. The van der Waals surface area contributed by atoms with E-state index in [1.807, 2.05) is 18.7 Å². The topological polar surface area (TPSA) is 44.8 Å². The number of nitrogens with zero attached hydrogens (tertiary/aromatic N) is 2. The predicted molar refractivity (Wildman–Crippen MR) is 70.5 cm³/mol. The number of carbonyl (C=O) groups is 1. The van der Waals surface area contributed by atoms with Crippen LogP contribution >= 0.6 is 0 Å². The van der Waals surface area contributed by atoms with E-state index in [2.05, 4.69) is 17.1 Å². The van der Waals surface area contributed by atoms with Crippen molar-refractivity contribution in [1.29, 1.82) is 0 Å². The summed E-state index contributed by atoms with van der Waals surface area (Å²) in [6.45, 7) is 12.2. The van der Waals surface area contributed by atoms with Crippen LogP contribution in [-0.4, -0.2) is 73.2 Å². The van der Waals surface area contributed by atoms with Crippen molar-refractivity contribution in [3.05, 3.63) is 0 Å². The molecule has 0 aromatic carbocycles. The molecule has 0 radical (unpaired) electrons. The summed E-state index contributed by atoms with van der Waals surface area (Å²) in [6, 6.07) is 0. The van der Waals surface area contributed by atoms with Gasteiger partial charge in [-0.25, -0.2) is 0 Å². The SMILES string of the molecule is CCN1CCOC(CN2CCNC(C)(C)C2=O)C1. The zero-order valence-corrected chi connectivity index (χ0v) is 11.7. The Morgan fingerprint density at radius 3 is 2.94 bits per heavy atom. The van der Waals surface area contributed by atoms with Crippen LogP contribution in [0.1, 0.15) is 20.8 Å². The Hall–Kier alpha value is -0.650. The molecule has 1 N–H and O–H groups in total. The highest BCUT2D eigenvalue weighted by Crippen LogP contribution is 2.14. The zero-order chi connectivity index (χ0) is 13.2. The van der Waals surface area contributed by atoms with Crippen LogP contribution in [0.4, 0.5) is 0 Å². The van der Waals surface area contributed by atoms with E-state index in [4.69, 9.17) is 4.74 Å². The summed E-state index contributed by atoms with van der Waals surface area (Å²) in [5.74, 6) is 0.186. The van der Waals surface area contributed by atoms with E-state index in [9.17, 15) is 4.79 Å². The number of nitrogens with one attached hydrogen (secondary N) is 1. The smallest absolute Gasteiger partial charge is 0.242 e. The Morgan fingerprint density at radius 1 is 1.44 bits per heavy atom. The Morgan fingerprint density at radius 2 is 2.22 bits per heavy atom. The lowest BCUT2D eigenvalue weighted by molar-refractivity contribution is -0.143. The third kappa shape index (κ3) is 3.02. The molecule has 0 spiro atoms. The number of amides is 1. The second-order valence-electron chi connectivity index (χ2n) is 5.69. The first-order valence-corrected chi connectivity index (χ1v) is 6.91. The quantitative estimate of drug-likeness (QED) is 0.766. The van der Waals surface area contributed by atoms with Crippen LogP contribution < -0.4 is 5.32 Å². The fourth-order valence-electron chi connectivity index (χ4n) is 2.67. The van der Waals surface area contributed by atoms with Crippen molar-refractivity contribution in [3.8, 4) is 0 Å². The highest BCUT2D eigenvalue weighted by molar-refractivity contribution is 5.86. The predicted octanol–water partition coefficient (Wildman–Crippen LogP) is -0.0825. The maximum atomic E-state index is 12.3. The van der Waals surface area contributed by atoms with Crippen molar-refractivity contribution in [2.75, 3.05) is 45.9 Å². The van der Waals surface area contributed by atoms with E-state index in [0.29, 0.717) is 0 Å². The number of likely N-dealkylation sites (N-methyl/N-ethyl adjacent to an activating group) is 1. The largest absolute Gasteiger partial charge is 0.374 e. The van der Waals surface area contributed by atoms with E-state index in [1.54, 1.807) is 0 Å². The Balaban J connectivity index is 1.90. The van der Waals surface area contributed by atoms with Gasteiger partial charge in [-0.15, -0.1) is 0 Å². The minimum absolute atomic E-state index is 0.163.